The zero-order valence-electron chi connectivity index (χ0n) is 30.6. The summed E-state index contributed by atoms with van der Waals surface area (Å²) in [5.74, 6) is -2.34. The summed E-state index contributed by atoms with van der Waals surface area (Å²) < 4.78 is 18.2. The van der Waals surface area contributed by atoms with E-state index in [1.165, 1.54) is 11.8 Å². The number of carboxylic acids is 1. The smallest absolute Gasteiger partial charge is 0.415 e. The third kappa shape index (κ3) is 7.70. The number of aliphatic hydroxyl groups is 1. The van der Waals surface area contributed by atoms with E-state index >= 15 is 0 Å². The van der Waals surface area contributed by atoms with E-state index in [0.717, 1.165) is 17.5 Å². The predicted molar refractivity (Wildman–Crippen MR) is 191 cm³/mol. The Kier molecular flexibility index (Phi) is 11.7. The number of carboxylic acid groups (broad SMARTS) is 1. The molecule has 1 aromatic rings. The molecule has 9 N–H and O–H groups in total. The lowest BCUT2D eigenvalue weighted by atomic mass is 9.52. The van der Waals surface area contributed by atoms with Crippen molar-refractivity contribution in [3.05, 3.63) is 35.1 Å². The van der Waals surface area contributed by atoms with Crippen molar-refractivity contribution < 1.29 is 48.4 Å². The van der Waals surface area contributed by atoms with Gasteiger partial charge < -0.3 is 56.7 Å². The number of nitrogens with two attached hydrogens (primary N) is 2. The molecule has 1 aromatic carbocycles. The number of aliphatic carboxylic acids is 1. The highest BCUT2D eigenvalue weighted by atomic mass is 16.6. The Morgan fingerprint density at radius 2 is 1.94 bits per heavy atom. The number of likely N-dealkylation sites (tertiary alicyclic amines) is 1. The topological polar surface area (TPSA) is 257 Å². The van der Waals surface area contributed by atoms with Crippen molar-refractivity contribution in [1.29, 1.82) is 0 Å². The number of piperidine rings is 1. The number of methoxy groups -OCH3 is 1. The fourth-order valence-electron chi connectivity index (χ4n) is 8.38. The van der Waals surface area contributed by atoms with E-state index in [1.807, 2.05) is 26.0 Å². The SMILES string of the molecule is CC[C@@H]1Cc2ccc(OC)c3c2C2(C)C(O3)C(OC(=O)N3CCC(C(=O)O)CC3CNC(=O)[C@H](CCCN=C(N)N)NC(=O)CNC(C)=O)=CC[C@@]12O. The predicted octanol–water partition coefficient (Wildman–Crippen LogP) is 0.407. The van der Waals surface area contributed by atoms with Crippen molar-refractivity contribution in [3.8, 4) is 11.5 Å². The second kappa shape index (κ2) is 15.9. The lowest BCUT2D eigenvalue weighted by molar-refractivity contribution is -0.144. The molecule has 53 heavy (non-hydrogen) atoms. The maximum atomic E-state index is 14.0. The summed E-state index contributed by atoms with van der Waals surface area (Å²) in [6, 6.07) is 2.02. The molecule has 2 heterocycles. The number of ether oxygens (including phenoxy) is 3. The van der Waals surface area contributed by atoms with Crippen molar-refractivity contribution in [2.75, 3.05) is 33.3 Å². The van der Waals surface area contributed by atoms with Crippen LogP contribution in [0, 0.1) is 11.8 Å². The van der Waals surface area contributed by atoms with Gasteiger partial charge >= 0.3 is 12.1 Å². The van der Waals surface area contributed by atoms with Gasteiger partial charge in [-0.3, -0.25) is 24.2 Å². The molecule has 0 aromatic heterocycles. The molecule has 0 bridgehead atoms. The summed E-state index contributed by atoms with van der Waals surface area (Å²) in [5, 5.41) is 29.9. The molecule has 2 aliphatic heterocycles. The maximum absolute atomic E-state index is 14.0. The summed E-state index contributed by atoms with van der Waals surface area (Å²) in [6.07, 6.45) is 2.41. The standard InChI is InChI=1S/C36H51N7O10/c1-5-22-15-20-8-9-25(51-4)29-28(20)35(3)30(53-29)26(10-12-36(22,35)50)52-34(49)43-14-11-21(32(47)48)16-23(43)17-41-31(46)24(7-6-13-39-33(37)38)42-27(45)18-40-19(2)44/h8-10,21-24,30,50H,5-7,11-18H2,1-4H3,(H,40,44)(H,41,46)(H,42,45)(H,47,48)(H4,37,38,39)/t21?,22-,23?,24+,30?,35?,36-/m1/s1. The van der Waals surface area contributed by atoms with E-state index in [2.05, 4.69) is 20.9 Å². The Morgan fingerprint density at radius 1 is 1.19 bits per heavy atom. The molecule has 17 heteroatoms. The van der Waals surface area contributed by atoms with E-state index < -0.39 is 64.9 Å². The van der Waals surface area contributed by atoms with Gasteiger partial charge in [-0.1, -0.05) is 19.4 Å². The number of aliphatic imine (C=N–C) groups is 1. The fourth-order valence-corrected chi connectivity index (χ4v) is 8.38. The molecule has 0 saturated carbocycles. The van der Waals surface area contributed by atoms with Crippen LogP contribution in [0.3, 0.4) is 0 Å². The fraction of sp³-hybridized carbons (Fsp3) is 0.611. The summed E-state index contributed by atoms with van der Waals surface area (Å²) >= 11 is 0. The number of hydrogen-bond donors (Lipinski definition) is 7. The van der Waals surface area contributed by atoms with E-state index in [9.17, 15) is 34.2 Å². The summed E-state index contributed by atoms with van der Waals surface area (Å²) in [5.41, 5.74) is 10.5. The highest BCUT2D eigenvalue weighted by Crippen LogP contribution is 2.63. The van der Waals surface area contributed by atoms with Gasteiger partial charge in [0, 0.05) is 32.1 Å². The molecule has 1 saturated heterocycles. The largest absolute Gasteiger partial charge is 0.493 e. The number of nitrogens with zero attached hydrogens (tertiary/aromatic N) is 2. The molecule has 290 valence electrons. The molecule has 4 aliphatic rings. The van der Waals surface area contributed by atoms with Crippen molar-refractivity contribution in [3.63, 3.8) is 0 Å². The van der Waals surface area contributed by atoms with Gasteiger partial charge in [-0.25, -0.2) is 4.79 Å². The Hall–Kier alpha value is -5.06. The van der Waals surface area contributed by atoms with E-state index in [0.29, 0.717) is 24.3 Å². The second-order valence-electron chi connectivity index (χ2n) is 14.4. The molecule has 0 spiro atoms. The van der Waals surface area contributed by atoms with Gasteiger partial charge in [-0.15, -0.1) is 0 Å². The van der Waals surface area contributed by atoms with Gasteiger partial charge in [0.15, 0.2) is 23.6 Å². The number of carbonyl (C=O) groups is 5. The van der Waals surface area contributed by atoms with Gasteiger partial charge in [0.25, 0.3) is 0 Å². The Bertz CT molecular complexity index is 1680. The first kappa shape index (κ1) is 39.2. The third-order valence-corrected chi connectivity index (χ3v) is 11.2. The highest BCUT2D eigenvalue weighted by molar-refractivity contribution is 5.90. The van der Waals surface area contributed by atoms with E-state index in [-0.39, 0.29) is 69.5 Å². The highest BCUT2D eigenvalue weighted by Gasteiger charge is 2.67. The van der Waals surface area contributed by atoms with Crippen LogP contribution < -0.4 is 36.9 Å². The average Bonchev–Trinajstić information content (AvgIpc) is 3.45. The molecule has 1 fully saturated rings. The van der Waals surface area contributed by atoms with Crippen LogP contribution >= 0.6 is 0 Å². The minimum Gasteiger partial charge on any atom is -0.493 e. The summed E-state index contributed by atoms with van der Waals surface area (Å²) in [4.78, 5) is 68.6. The van der Waals surface area contributed by atoms with Gasteiger partial charge in [-0.05, 0) is 69.1 Å². The van der Waals surface area contributed by atoms with E-state index in [1.54, 1.807) is 13.2 Å². The number of benzene rings is 1. The maximum Gasteiger partial charge on any atom is 0.415 e. The average molecular weight is 742 g/mol. The zero-order chi connectivity index (χ0) is 38.7. The number of carbonyl (C=O) groups excluding carboxylic acids is 4. The zero-order valence-corrected chi connectivity index (χ0v) is 30.6. The minimum absolute atomic E-state index is 0.0371. The van der Waals surface area contributed by atoms with Crippen LogP contribution in [0.25, 0.3) is 0 Å². The number of guanidine groups is 1. The normalized spacial score (nSPS) is 27.2. The summed E-state index contributed by atoms with van der Waals surface area (Å²) in [7, 11) is 1.54. The molecule has 0 radical (unpaired) electrons. The second-order valence-corrected chi connectivity index (χ2v) is 14.4. The lowest BCUT2D eigenvalue weighted by Crippen LogP contribution is -2.64. The Morgan fingerprint density at radius 3 is 2.60 bits per heavy atom. The van der Waals surface area contributed by atoms with Crippen LogP contribution in [0.2, 0.25) is 0 Å². The van der Waals surface area contributed by atoms with Crippen LogP contribution in [0.15, 0.2) is 29.0 Å². The molecule has 2 aliphatic carbocycles. The van der Waals surface area contributed by atoms with Crippen molar-refractivity contribution in [1.82, 2.24) is 20.9 Å². The lowest BCUT2D eigenvalue weighted by Gasteiger charge is -2.54. The van der Waals surface area contributed by atoms with Gasteiger partial charge in [0.05, 0.1) is 36.6 Å². The van der Waals surface area contributed by atoms with E-state index in [4.69, 9.17) is 25.7 Å². The molecular formula is C36H51N7O10. The monoisotopic (exact) mass is 741 g/mol. The third-order valence-electron chi connectivity index (χ3n) is 11.2. The Labute approximate surface area is 307 Å². The van der Waals surface area contributed by atoms with Gasteiger partial charge in [0.2, 0.25) is 17.7 Å². The van der Waals surface area contributed by atoms with Crippen LogP contribution in [-0.2, 0) is 35.8 Å². The van der Waals surface area contributed by atoms with Gasteiger partial charge in [0.1, 0.15) is 11.8 Å². The molecule has 5 rings (SSSR count). The van der Waals surface area contributed by atoms with Crippen LogP contribution in [-0.4, -0.2) is 108 Å². The molecular weight excluding hydrogens is 690 g/mol. The minimum atomic E-state index is -1.18. The molecule has 17 nitrogen and oxygen atoms in total. The molecule has 7 atom stereocenters. The van der Waals surface area contributed by atoms with Crippen molar-refractivity contribution in [2.24, 2.45) is 28.3 Å². The first-order valence-electron chi connectivity index (χ1n) is 18.0. The van der Waals surface area contributed by atoms with Crippen LogP contribution in [0.1, 0.15) is 70.4 Å². The number of amides is 4. The first-order valence-corrected chi connectivity index (χ1v) is 18.0. The number of hydrogen-bond acceptors (Lipinski definition) is 10. The summed E-state index contributed by atoms with van der Waals surface area (Å²) in [6.45, 7) is 5.00. The number of nitrogens with one attached hydrogen (secondary N) is 3. The number of rotatable bonds is 14. The molecule has 4 amide bonds. The van der Waals surface area contributed by atoms with Crippen molar-refractivity contribution in [2.45, 2.75) is 94.9 Å². The quantitative estimate of drug-likeness (QED) is 0.0778. The van der Waals surface area contributed by atoms with Gasteiger partial charge in [-0.2, -0.15) is 0 Å². The van der Waals surface area contributed by atoms with Crippen LogP contribution in [0.4, 0.5) is 4.79 Å². The Balaban J connectivity index is 1.34. The van der Waals surface area contributed by atoms with Crippen molar-refractivity contribution >= 4 is 35.7 Å². The first-order chi connectivity index (χ1) is 25.1. The molecule has 4 unspecified atom stereocenters. The van der Waals surface area contributed by atoms with Crippen LogP contribution in [0.5, 0.6) is 11.5 Å².